The van der Waals surface area contributed by atoms with Crippen LogP contribution in [0.5, 0.6) is 0 Å². The average molecular weight is 351 g/mol. The first-order valence-electron chi connectivity index (χ1n) is 6.77. The summed E-state index contributed by atoms with van der Waals surface area (Å²) >= 11 is 5.58. The summed E-state index contributed by atoms with van der Waals surface area (Å²) in [5.74, 6) is -1.07. The van der Waals surface area contributed by atoms with E-state index in [4.69, 9.17) is 11.6 Å². The molecule has 0 bridgehead atoms. The van der Waals surface area contributed by atoms with Gasteiger partial charge in [-0.2, -0.15) is 13.2 Å². The summed E-state index contributed by atoms with van der Waals surface area (Å²) < 4.78 is 39.0. The Balaban J connectivity index is 3.00. The van der Waals surface area contributed by atoms with Gasteiger partial charge in [0, 0.05) is 17.5 Å². The number of carbonyl (C=O) groups excluding carboxylic acids is 2. The SMILES string of the molecule is CC(=O)N(CC(=O)Nc1ccc(Cl)cc1C(F)(F)F)C(C)(C)C. The maximum absolute atomic E-state index is 13.0. The van der Waals surface area contributed by atoms with Crippen molar-refractivity contribution in [3.8, 4) is 0 Å². The molecule has 0 aliphatic rings. The van der Waals surface area contributed by atoms with Crippen molar-refractivity contribution >= 4 is 29.1 Å². The van der Waals surface area contributed by atoms with E-state index >= 15 is 0 Å². The van der Waals surface area contributed by atoms with Crippen LogP contribution in [0.1, 0.15) is 33.3 Å². The summed E-state index contributed by atoms with van der Waals surface area (Å²) in [6, 6.07) is 3.07. The van der Waals surface area contributed by atoms with Crippen LogP contribution in [0.3, 0.4) is 0 Å². The second kappa shape index (κ2) is 6.78. The molecule has 0 atom stereocenters. The standard InChI is InChI=1S/C15H18ClF3N2O2/c1-9(22)21(14(2,3)4)8-13(23)20-12-6-5-10(16)7-11(12)15(17,18)19/h5-7H,8H2,1-4H3,(H,20,23). The lowest BCUT2D eigenvalue weighted by atomic mass is 10.1. The molecule has 23 heavy (non-hydrogen) atoms. The van der Waals surface area contributed by atoms with Crippen LogP contribution in [0.25, 0.3) is 0 Å². The Hall–Kier alpha value is -1.76. The zero-order chi connectivity index (χ0) is 18.0. The molecule has 0 fully saturated rings. The van der Waals surface area contributed by atoms with Crippen molar-refractivity contribution in [3.63, 3.8) is 0 Å². The van der Waals surface area contributed by atoms with Crippen molar-refractivity contribution in [2.45, 2.75) is 39.4 Å². The molecule has 1 N–H and O–H groups in total. The lowest BCUT2D eigenvalue weighted by molar-refractivity contribution is -0.138. The first kappa shape index (κ1) is 19.3. The number of nitrogens with one attached hydrogen (secondary N) is 1. The quantitative estimate of drug-likeness (QED) is 0.897. The Morgan fingerprint density at radius 3 is 2.22 bits per heavy atom. The number of nitrogens with zero attached hydrogens (tertiary/aromatic N) is 1. The number of rotatable bonds is 3. The van der Waals surface area contributed by atoms with Gasteiger partial charge in [0.15, 0.2) is 0 Å². The lowest BCUT2D eigenvalue weighted by Crippen LogP contribution is -2.48. The summed E-state index contributed by atoms with van der Waals surface area (Å²) in [5.41, 5.74) is -2.07. The van der Waals surface area contributed by atoms with Gasteiger partial charge < -0.3 is 10.2 Å². The van der Waals surface area contributed by atoms with Gasteiger partial charge in [-0.3, -0.25) is 9.59 Å². The highest BCUT2D eigenvalue weighted by Gasteiger charge is 2.34. The van der Waals surface area contributed by atoms with E-state index in [0.29, 0.717) is 0 Å². The first-order chi connectivity index (χ1) is 10.3. The van der Waals surface area contributed by atoms with Gasteiger partial charge in [0.05, 0.1) is 11.3 Å². The van der Waals surface area contributed by atoms with E-state index in [0.717, 1.165) is 12.1 Å². The Bertz CT molecular complexity index is 610. The molecule has 1 aromatic rings. The van der Waals surface area contributed by atoms with Crippen LogP contribution in [0, 0.1) is 0 Å². The Kier molecular flexibility index (Phi) is 5.69. The number of halogens is 4. The highest BCUT2D eigenvalue weighted by molar-refractivity contribution is 6.30. The van der Waals surface area contributed by atoms with Gasteiger partial charge in [-0.1, -0.05) is 11.6 Å². The first-order valence-corrected chi connectivity index (χ1v) is 7.15. The summed E-state index contributed by atoms with van der Waals surface area (Å²) in [6.07, 6.45) is -4.65. The van der Waals surface area contributed by atoms with Crippen LogP contribution in [-0.4, -0.2) is 28.8 Å². The molecule has 4 nitrogen and oxygen atoms in total. The van der Waals surface area contributed by atoms with E-state index < -0.39 is 28.9 Å². The van der Waals surface area contributed by atoms with Gasteiger partial charge >= 0.3 is 6.18 Å². The van der Waals surface area contributed by atoms with E-state index in [9.17, 15) is 22.8 Å². The van der Waals surface area contributed by atoms with Crippen LogP contribution in [0.15, 0.2) is 18.2 Å². The zero-order valence-corrected chi connectivity index (χ0v) is 14.0. The van der Waals surface area contributed by atoms with Crippen molar-refractivity contribution in [1.29, 1.82) is 0 Å². The highest BCUT2D eigenvalue weighted by Crippen LogP contribution is 2.36. The minimum atomic E-state index is -4.65. The topological polar surface area (TPSA) is 49.4 Å². The van der Waals surface area contributed by atoms with E-state index in [2.05, 4.69) is 5.32 Å². The minimum absolute atomic E-state index is 0.0876. The molecule has 0 aromatic heterocycles. The largest absolute Gasteiger partial charge is 0.418 e. The number of hydrogen-bond acceptors (Lipinski definition) is 2. The molecule has 0 saturated heterocycles. The van der Waals surface area contributed by atoms with Gasteiger partial charge in [-0.05, 0) is 39.0 Å². The summed E-state index contributed by atoms with van der Waals surface area (Å²) in [5, 5.41) is 2.10. The number of alkyl halides is 3. The summed E-state index contributed by atoms with van der Waals surface area (Å²) in [6.45, 7) is 6.13. The smallest absolute Gasteiger partial charge is 0.329 e. The number of benzene rings is 1. The molecule has 0 aliphatic heterocycles. The second-order valence-electron chi connectivity index (χ2n) is 6.01. The fourth-order valence-corrected chi connectivity index (χ4v) is 2.19. The van der Waals surface area contributed by atoms with Crippen molar-refractivity contribution in [2.24, 2.45) is 0 Å². The van der Waals surface area contributed by atoms with Crippen LogP contribution in [-0.2, 0) is 15.8 Å². The molecular formula is C15H18ClF3N2O2. The number of carbonyl (C=O) groups is 2. The molecule has 128 valence electrons. The molecule has 0 unspecified atom stereocenters. The Morgan fingerprint density at radius 1 is 1.22 bits per heavy atom. The number of amides is 2. The van der Waals surface area contributed by atoms with E-state index in [1.807, 2.05) is 0 Å². The maximum atomic E-state index is 13.0. The average Bonchev–Trinajstić information content (AvgIpc) is 2.35. The van der Waals surface area contributed by atoms with Crippen molar-refractivity contribution in [2.75, 3.05) is 11.9 Å². The Labute approximate surface area is 137 Å². The molecule has 8 heteroatoms. The van der Waals surface area contributed by atoms with Gasteiger partial charge in [0.2, 0.25) is 11.8 Å². The zero-order valence-electron chi connectivity index (χ0n) is 13.2. The van der Waals surface area contributed by atoms with Crippen molar-refractivity contribution in [3.05, 3.63) is 28.8 Å². The van der Waals surface area contributed by atoms with Gasteiger partial charge in [-0.15, -0.1) is 0 Å². The van der Waals surface area contributed by atoms with Crippen LogP contribution in [0.4, 0.5) is 18.9 Å². The van der Waals surface area contributed by atoms with Gasteiger partial charge in [0.25, 0.3) is 0 Å². The third-order valence-electron chi connectivity index (χ3n) is 3.05. The summed E-state index contributed by atoms with van der Waals surface area (Å²) in [7, 11) is 0. The third kappa shape index (κ3) is 5.42. The molecule has 1 aromatic carbocycles. The number of hydrogen-bond donors (Lipinski definition) is 1. The predicted molar refractivity (Wildman–Crippen MR) is 82.2 cm³/mol. The molecule has 0 saturated carbocycles. The molecule has 0 aliphatic carbocycles. The van der Waals surface area contributed by atoms with Crippen LogP contribution < -0.4 is 5.32 Å². The van der Waals surface area contributed by atoms with E-state index in [1.54, 1.807) is 20.8 Å². The van der Waals surface area contributed by atoms with Crippen molar-refractivity contribution < 1.29 is 22.8 Å². The molecule has 2 amide bonds. The monoisotopic (exact) mass is 350 g/mol. The van der Waals surface area contributed by atoms with Crippen LogP contribution in [0.2, 0.25) is 5.02 Å². The molecule has 1 rings (SSSR count). The number of anilines is 1. The van der Waals surface area contributed by atoms with E-state index in [-0.39, 0.29) is 17.5 Å². The van der Waals surface area contributed by atoms with E-state index in [1.165, 1.54) is 17.9 Å². The molecule has 0 heterocycles. The predicted octanol–water partition coefficient (Wildman–Crippen LogP) is 3.94. The van der Waals surface area contributed by atoms with Crippen molar-refractivity contribution in [1.82, 2.24) is 4.90 Å². The summed E-state index contributed by atoms with van der Waals surface area (Å²) in [4.78, 5) is 24.9. The second-order valence-corrected chi connectivity index (χ2v) is 6.45. The highest BCUT2D eigenvalue weighted by atomic mass is 35.5. The normalized spacial score (nSPS) is 12.0. The van der Waals surface area contributed by atoms with Gasteiger partial charge in [-0.25, -0.2) is 0 Å². The fourth-order valence-electron chi connectivity index (χ4n) is 2.01. The maximum Gasteiger partial charge on any atom is 0.418 e. The molecule has 0 spiro atoms. The minimum Gasteiger partial charge on any atom is -0.329 e. The molecular weight excluding hydrogens is 333 g/mol. The lowest BCUT2D eigenvalue weighted by Gasteiger charge is -2.34. The third-order valence-corrected chi connectivity index (χ3v) is 3.29. The fraction of sp³-hybridized carbons (Fsp3) is 0.467. The Morgan fingerprint density at radius 2 is 1.78 bits per heavy atom. The molecule has 0 radical (unpaired) electrons. The van der Waals surface area contributed by atoms with Crippen LogP contribution >= 0.6 is 11.6 Å². The van der Waals surface area contributed by atoms with Gasteiger partial charge in [0.1, 0.15) is 6.54 Å².